The average molecular weight is 491 g/mol. The number of nitrogens with one attached hydrogen (secondary N) is 3. The molecule has 1 aliphatic heterocycles. The summed E-state index contributed by atoms with van der Waals surface area (Å²) in [4.78, 5) is 17.9. The molecule has 1 aliphatic carbocycles. The van der Waals surface area contributed by atoms with E-state index in [1.54, 1.807) is 0 Å². The standard InChI is InChI=1S/C29H30N8/c1-18(19-6-7-19)31-21-14-20(16-30-17-21)23-8-9-25-28(33-23)29(35-34-25)26-15-22-24(32-26)4-3-5-27(22)37-12-10-36(2)11-13-37/h3-5,8-9,14-17,19,31-32H,1,6-7,10-13H2,2H3,(H,34,35). The molecule has 0 spiro atoms. The first-order chi connectivity index (χ1) is 18.1. The highest BCUT2D eigenvalue weighted by atomic mass is 15.2. The number of H-pyrrole nitrogens is 2. The molecule has 1 saturated heterocycles. The first-order valence-corrected chi connectivity index (χ1v) is 12.9. The molecule has 1 aromatic carbocycles. The van der Waals surface area contributed by atoms with Crippen molar-refractivity contribution in [2.45, 2.75) is 12.8 Å². The molecular formula is C29H30N8. The summed E-state index contributed by atoms with van der Waals surface area (Å²) >= 11 is 0. The monoisotopic (exact) mass is 490 g/mol. The van der Waals surface area contributed by atoms with Gasteiger partial charge in [0.1, 0.15) is 11.2 Å². The van der Waals surface area contributed by atoms with Gasteiger partial charge in [0, 0.05) is 60.2 Å². The van der Waals surface area contributed by atoms with E-state index in [4.69, 9.17) is 4.98 Å². The van der Waals surface area contributed by atoms with E-state index in [1.807, 2.05) is 24.5 Å². The molecule has 8 heteroatoms. The van der Waals surface area contributed by atoms with E-state index < -0.39 is 0 Å². The Labute approximate surface area is 215 Å². The number of nitrogens with zero attached hydrogens (tertiary/aromatic N) is 5. The van der Waals surface area contributed by atoms with Gasteiger partial charge in [0.15, 0.2) is 0 Å². The normalized spacial score (nSPS) is 16.5. The lowest BCUT2D eigenvalue weighted by molar-refractivity contribution is 0.313. The first-order valence-electron chi connectivity index (χ1n) is 12.9. The van der Waals surface area contributed by atoms with Gasteiger partial charge < -0.3 is 20.1 Å². The minimum atomic E-state index is 0.583. The molecule has 0 unspecified atom stereocenters. The Kier molecular flexibility index (Phi) is 5.21. The van der Waals surface area contributed by atoms with Crippen molar-refractivity contribution in [2.24, 2.45) is 5.92 Å². The Morgan fingerprint density at radius 2 is 1.89 bits per heavy atom. The molecule has 2 aliphatic rings. The SMILES string of the molecule is C=C(Nc1cncc(-c2ccc3[nH]nc(-c4cc5c(N6CCN(C)CC6)cccc5[nH]4)c3n2)c1)C1CC1. The molecule has 3 N–H and O–H groups in total. The molecular weight excluding hydrogens is 460 g/mol. The summed E-state index contributed by atoms with van der Waals surface area (Å²) in [5.74, 6) is 0.583. The highest BCUT2D eigenvalue weighted by molar-refractivity contribution is 5.99. The summed E-state index contributed by atoms with van der Waals surface area (Å²) in [6.07, 6.45) is 6.11. The number of fused-ring (bicyclic) bond motifs is 2. The Balaban J connectivity index is 1.24. The van der Waals surface area contributed by atoms with Gasteiger partial charge in [-0.25, -0.2) is 4.98 Å². The third-order valence-corrected chi connectivity index (χ3v) is 7.56. The predicted molar refractivity (Wildman–Crippen MR) is 150 cm³/mol. The summed E-state index contributed by atoms with van der Waals surface area (Å²) in [7, 11) is 2.18. The van der Waals surface area contributed by atoms with E-state index >= 15 is 0 Å². The fourth-order valence-electron chi connectivity index (χ4n) is 5.21. The van der Waals surface area contributed by atoms with Crippen LogP contribution in [-0.4, -0.2) is 63.3 Å². The van der Waals surface area contributed by atoms with Crippen molar-refractivity contribution in [1.29, 1.82) is 0 Å². The van der Waals surface area contributed by atoms with Crippen LogP contribution in [-0.2, 0) is 0 Å². The van der Waals surface area contributed by atoms with E-state index in [0.29, 0.717) is 5.92 Å². The fourth-order valence-corrected chi connectivity index (χ4v) is 5.21. The molecule has 0 radical (unpaired) electrons. The van der Waals surface area contributed by atoms with Crippen LogP contribution in [0.25, 0.3) is 44.6 Å². The maximum Gasteiger partial charge on any atom is 0.135 e. The van der Waals surface area contributed by atoms with E-state index in [-0.39, 0.29) is 0 Å². The molecule has 7 rings (SSSR count). The van der Waals surface area contributed by atoms with Crippen molar-refractivity contribution in [1.82, 2.24) is 30.0 Å². The zero-order chi connectivity index (χ0) is 24.9. The summed E-state index contributed by atoms with van der Waals surface area (Å²) in [6.45, 7) is 8.38. The second kappa shape index (κ2) is 8.74. The molecule has 186 valence electrons. The lowest BCUT2D eigenvalue weighted by Crippen LogP contribution is -2.44. The van der Waals surface area contributed by atoms with Gasteiger partial charge in [-0.15, -0.1) is 0 Å². The smallest absolute Gasteiger partial charge is 0.135 e. The lowest BCUT2D eigenvalue weighted by Gasteiger charge is -2.34. The van der Waals surface area contributed by atoms with Crippen LogP contribution in [0.15, 0.2) is 67.1 Å². The minimum absolute atomic E-state index is 0.583. The highest BCUT2D eigenvalue weighted by Crippen LogP contribution is 2.37. The number of benzene rings is 1. The van der Waals surface area contributed by atoms with Gasteiger partial charge in [0.05, 0.1) is 28.8 Å². The van der Waals surface area contributed by atoms with Gasteiger partial charge in [-0.2, -0.15) is 5.10 Å². The number of pyridine rings is 2. The number of allylic oxidation sites excluding steroid dienone is 1. The minimum Gasteiger partial charge on any atom is -0.368 e. The number of hydrogen-bond donors (Lipinski definition) is 3. The number of aromatic amines is 2. The molecule has 0 atom stereocenters. The molecule has 5 heterocycles. The van der Waals surface area contributed by atoms with Gasteiger partial charge in [0.2, 0.25) is 0 Å². The maximum absolute atomic E-state index is 5.02. The van der Waals surface area contributed by atoms with Gasteiger partial charge >= 0.3 is 0 Å². The molecule has 0 bridgehead atoms. The zero-order valence-corrected chi connectivity index (χ0v) is 21.0. The van der Waals surface area contributed by atoms with Crippen LogP contribution in [0.4, 0.5) is 11.4 Å². The van der Waals surface area contributed by atoms with E-state index in [1.165, 1.54) is 23.9 Å². The van der Waals surface area contributed by atoms with E-state index in [9.17, 15) is 0 Å². The zero-order valence-electron chi connectivity index (χ0n) is 21.0. The largest absolute Gasteiger partial charge is 0.368 e. The third kappa shape index (κ3) is 4.13. The van der Waals surface area contributed by atoms with E-state index in [2.05, 4.69) is 79.2 Å². The van der Waals surface area contributed by atoms with Gasteiger partial charge in [-0.1, -0.05) is 12.6 Å². The van der Waals surface area contributed by atoms with Crippen LogP contribution < -0.4 is 10.2 Å². The summed E-state index contributed by atoms with van der Waals surface area (Å²) in [5.41, 5.74) is 9.72. The third-order valence-electron chi connectivity index (χ3n) is 7.56. The van der Waals surface area contributed by atoms with Gasteiger partial charge in [-0.05, 0) is 62.2 Å². The summed E-state index contributed by atoms with van der Waals surface area (Å²) in [6, 6.07) is 14.8. The van der Waals surface area contributed by atoms with Gasteiger partial charge in [-0.3, -0.25) is 10.1 Å². The number of anilines is 2. The summed E-state index contributed by atoms with van der Waals surface area (Å²) < 4.78 is 0. The van der Waals surface area contributed by atoms with Crippen molar-refractivity contribution < 1.29 is 0 Å². The number of piperazine rings is 1. The summed E-state index contributed by atoms with van der Waals surface area (Å²) in [5, 5.41) is 12.4. The topological polar surface area (TPSA) is 88.8 Å². The average Bonchev–Trinajstić information content (AvgIpc) is 3.55. The number of aromatic nitrogens is 5. The molecule has 4 aromatic heterocycles. The van der Waals surface area contributed by atoms with Crippen molar-refractivity contribution >= 4 is 33.3 Å². The quantitative estimate of drug-likeness (QED) is 0.301. The number of hydrogen-bond acceptors (Lipinski definition) is 6. The van der Waals surface area contributed by atoms with Crippen molar-refractivity contribution in [3.63, 3.8) is 0 Å². The van der Waals surface area contributed by atoms with E-state index in [0.717, 1.165) is 76.8 Å². The van der Waals surface area contributed by atoms with Crippen LogP contribution in [0.3, 0.4) is 0 Å². The van der Waals surface area contributed by atoms with Gasteiger partial charge in [0.25, 0.3) is 0 Å². The molecule has 1 saturated carbocycles. The Morgan fingerprint density at radius 1 is 1.03 bits per heavy atom. The van der Waals surface area contributed by atoms with Crippen LogP contribution in [0.2, 0.25) is 0 Å². The molecule has 2 fully saturated rings. The number of rotatable bonds is 6. The predicted octanol–water partition coefficient (Wildman–Crippen LogP) is 5.26. The first kappa shape index (κ1) is 22.1. The van der Waals surface area contributed by atoms with Crippen LogP contribution in [0.5, 0.6) is 0 Å². The Bertz CT molecular complexity index is 1620. The number of likely N-dealkylation sites (N-methyl/N-ethyl adjacent to an activating group) is 1. The molecule has 37 heavy (non-hydrogen) atoms. The fraction of sp³-hybridized carbons (Fsp3) is 0.276. The van der Waals surface area contributed by atoms with Crippen molar-refractivity contribution in [2.75, 3.05) is 43.4 Å². The van der Waals surface area contributed by atoms with Crippen LogP contribution in [0.1, 0.15) is 12.8 Å². The van der Waals surface area contributed by atoms with Crippen molar-refractivity contribution in [3.8, 4) is 22.6 Å². The molecule has 5 aromatic rings. The second-order valence-corrected chi connectivity index (χ2v) is 10.3. The molecule has 8 nitrogen and oxygen atoms in total. The van der Waals surface area contributed by atoms with Crippen LogP contribution in [0, 0.1) is 5.92 Å². The maximum atomic E-state index is 5.02. The molecule has 0 amide bonds. The van der Waals surface area contributed by atoms with Crippen LogP contribution >= 0.6 is 0 Å². The second-order valence-electron chi connectivity index (χ2n) is 10.3. The highest BCUT2D eigenvalue weighted by Gasteiger charge is 2.25. The Morgan fingerprint density at radius 3 is 2.73 bits per heavy atom. The Hall–Kier alpha value is -4.17. The van der Waals surface area contributed by atoms with Crippen molar-refractivity contribution in [3.05, 3.63) is 67.1 Å². The lowest BCUT2D eigenvalue weighted by atomic mass is 10.1.